The number of nitro groups is 1. The molecular formula is C17H19N3O5. The maximum Gasteiger partial charge on any atom is 0.334 e. The number of hydrogen-bond donors (Lipinski definition) is 1. The van der Waals surface area contributed by atoms with Gasteiger partial charge in [0.1, 0.15) is 0 Å². The van der Waals surface area contributed by atoms with Gasteiger partial charge >= 0.3 is 5.97 Å². The number of carbonyl (C=O) groups excluding carboxylic acids is 1. The fraction of sp³-hybridized carbons (Fsp3) is 0.412. The van der Waals surface area contributed by atoms with E-state index in [1.165, 1.54) is 19.4 Å². The molecule has 1 aromatic carbocycles. The van der Waals surface area contributed by atoms with E-state index in [-0.39, 0.29) is 11.6 Å². The number of nitro benzene ring substituents is 1. The number of aliphatic hydroxyl groups excluding tert-OH is 1. The number of methoxy groups -OCH3 is 1. The zero-order chi connectivity index (χ0) is 18.0. The van der Waals surface area contributed by atoms with Crippen molar-refractivity contribution in [3.63, 3.8) is 0 Å². The molecule has 1 aromatic heterocycles. The minimum Gasteiger partial charge on any atom is -0.467 e. The Morgan fingerprint density at radius 2 is 2.08 bits per heavy atom. The summed E-state index contributed by atoms with van der Waals surface area (Å²) in [6.07, 6.45) is 3.29. The molecule has 132 valence electrons. The number of hydrogen-bond acceptors (Lipinski definition) is 7. The maximum atomic E-state index is 11.5. The second-order valence-corrected chi connectivity index (χ2v) is 6.07. The molecule has 0 amide bonds. The van der Waals surface area contributed by atoms with Crippen molar-refractivity contribution in [3.8, 4) is 0 Å². The number of esters is 1. The number of carbonyl (C=O) groups is 1. The Bertz CT molecular complexity index is 802. The second-order valence-electron chi connectivity index (χ2n) is 6.07. The van der Waals surface area contributed by atoms with Crippen LogP contribution in [0.1, 0.15) is 12.8 Å². The summed E-state index contributed by atoms with van der Waals surface area (Å²) < 4.78 is 4.60. The molecular weight excluding hydrogens is 326 g/mol. The molecule has 8 nitrogen and oxygen atoms in total. The topological polar surface area (TPSA) is 106 Å². The van der Waals surface area contributed by atoms with E-state index in [1.807, 2.05) is 0 Å². The van der Waals surface area contributed by atoms with Gasteiger partial charge in [-0.05, 0) is 30.9 Å². The molecule has 0 aliphatic carbocycles. The van der Waals surface area contributed by atoms with Gasteiger partial charge in [-0.1, -0.05) is 0 Å². The number of pyridine rings is 1. The SMILES string of the molecule is COC(=O)C(O)C1CCN(c2ccc([N+](=O)[O-])c3cnccc23)CC1. The van der Waals surface area contributed by atoms with E-state index in [9.17, 15) is 20.0 Å². The number of ether oxygens (including phenoxy) is 1. The number of anilines is 1. The van der Waals surface area contributed by atoms with E-state index in [4.69, 9.17) is 0 Å². The Balaban J connectivity index is 1.84. The summed E-state index contributed by atoms with van der Waals surface area (Å²) in [5, 5.41) is 22.5. The van der Waals surface area contributed by atoms with Crippen molar-refractivity contribution >= 4 is 28.1 Å². The molecule has 1 aliphatic rings. The first-order chi connectivity index (χ1) is 12.0. The Hall–Kier alpha value is -2.74. The largest absolute Gasteiger partial charge is 0.467 e. The molecule has 8 heteroatoms. The predicted octanol–water partition coefficient (Wildman–Crippen LogP) is 1.89. The van der Waals surface area contributed by atoms with Gasteiger partial charge in [-0.2, -0.15) is 0 Å². The van der Waals surface area contributed by atoms with Gasteiger partial charge in [0.15, 0.2) is 6.10 Å². The number of benzene rings is 1. The third-order valence-electron chi connectivity index (χ3n) is 4.74. The van der Waals surface area contributed by atoms with Crippen LogP contribution in [0.5, 0.6) is 0 Å². The van der Waals surface area contributed by atoms with E-state index in [0.29, 0.717) is 31.3 Å². The van der Waals surface area contributed by atoms with Gasteiger partial charge in [0, 0.05) is 42.6 Å². The minimum absolute atomic E-state index is 0.0304. The molecule has 25 heavy (non-hydrogen) atoms. The standard InChI is InChI=1S/C17H19N3O5/c1-25-17(22)16(21)11-5-8-19(9-6-11)14-2-3-15(20(23)24)13-10-18-7-4-12(13)14/h2-4,7,10-11,16,21H,5-6,8-9H2,1H3. The fourth-order valence-corrected chi connectivity index (χ4v) is 3.36. The van der Waals surface area contributed by atoms with Crippen LogP contribution in [0.15, 0.2) is 30.6 Å². The summed E-state index contributed by atoms with van der Waals surface area (Å²) in [5.74, 6) is -0.750. The second kappa shape index (κ2) is 7.02. The average Bonchev–Trinajstić information content (AvgIpc) is 2.65. The predicted molar refractivity (Wildman–Crippen MR) is 91.4 cm³/mol. The van der Waals surface area contributed by atoms with Gasteiger partial charge in [-0.3, -0.25) is 15.1 Å². The zero-order valence-corrected chi connectivity index (χ0v) is 13.8. The average molecular weight is 345 g/mol. The van der Waals surface area contributed by atoms with Crippen LogP contribution in [-0.2, 0) is 9.53 Å². The first kappa shape index (κ1) is 17.1. The van der Waals surface area contributed by atoms with Crippen molar-refractivity contribution in [1.82, 2.24) is 4.98 Å². The summed E-state index contributed by atoms with van der Waals surface area (Å²) in [6, 6.07) is 5.01. The van der Waals surface area contributed by atoms with Gasteiger partial charge in [0.05, 0.1) is 17.4 Å². The summed E-state index contributed by atoms with van der Waals surface area (Å²) in [6.45, 7) is 1.29. The minimum atomic E-state index is -1.11. The number of aliphatic hydroxyl groups is 1. The Morgan fingerprint density at radius 3 is 2.72 bits per heavy atom. The van der Waals surface area contributed by atoms with E-state index < -0.39 is 17.0 Å². The number of piperidine rings is 1. The maximum absolute atomic E-state index is 11.5. The molecule has 2 heterocycles. The molecule has 0 bridgehead atoms. The quantitative estimate of drug-likeness (QED) is 0.512. The van der Waals surface area contributed by atoms with Crippen molar-refractivity contribution < 1.29 is 19.6 Å². The van der Waals surface area contributed by atoms with Crippen LogP contribution in [-0.4, -0.2) is 47.3 Å². The van der Waals surface area contributed by atoms with Crippen LogP contribution < -0.4 is 4.90 Å². The van der Waals surface area contributed by atoms with Gasteiger partial charge in [-0.25, -0.2) is 4.79 Å². The van der Waals surface area contributed by atoms with Crippen molar-refractivity contribution in [2.24, 2.45) is 5.92 Å². The molecule has 1 unspecified atom stereocenters. The van der Waals surface area contributed by atoms with Crippen LogP contribution in [0.4, 0.5) is 11.4 Å². The molecule has 1 atom stereocenters. The molecule has 0 spiro atoms. The summed E-state index contributed by atoms with van der Waals surface area (Å²) in [4.78, 5) is 28.4. The van der Waals surface area contributed by atoms with Crippen LogP contribution in [0.2, 0.25) is 0 Å². The van der Waals surface area contributed by atoms with Crippen molar-refractivity contribution in [2.45, 2.75) is 18.9 Å². The van der Waals surface area contributed by atoms with Gasteiger partial charge < -0.3 is 14.7 Å². The first-order valence-corrected chi connectivity index (χ1v) is 8.05. The lowest BCUT2D eigenvalue weighted by atomic mass is 9.90. The molecule has 1 N–H and O–H groups in total. The van der Waals surface area contributed by atoms with Crippen molar-refractivity contribution in [3.05, 3.63) is 40.7 Å². The van der Waals surface area contributed by atoms with Crippen molar-refractivity contribution in [1.29, 1.82) is 0 Å². The summed E-state index contributed by atoms with van der Waals surface area (Å²) >= 11 is 0. The lowest BCUT2D eigenvalue weighted by Gasteiger charge is -2.35. The Morgan fingerprint density at radius 1 is 1.36 bits per heavy atom. The summed E-state index contributed by atoms with van der Waals surface area (Å²) in [5.41, 5.74) is 0.928. The number of nitrogens with zero attached hydrogens (tertiary/aromatic N) is 3. The normalized spacial score (nSPS) is 16.6. The van der Waals surface area contributed by atoms with Gasteiger partial charge in [-0.15, -0.1) is 0 Å². The highest BCUT2D eigenvalue weighted by Crippen LogP contribution is 2.35. The molecule has 3 rings (SSSR count). The van der Waals surface area contributed by atoms with Crippen molar-refractivity contribution in [2.75, 3.05) is 25.1 Å². The lowest BCUT2D eigenvalue weighted by Crippen LogP contribution is -2.41. The molecule has 1 saturated heterocycles. The molecule has 1 aliphatic heterocycles. The molecule has 0 saturated carbocycles. The monoisotopic (exact) mass is 345 g/mol. The molecule has 0 radical (unpaired) electrons. The third-order valence-corrected chi connectivity index (χ3v) is 4.74. The highest BCUT2D eigenvalue weighted by atomic mass is 16.6. The van der Waals surface area contributed by atoms with Crippen LogP contribution in [0, 0.1) is 16.0 Å². The number of rotatable bonds is 4. The number of non-ortho nitro benzene ring substituents is 1. The smallest absolute Gasteiger partial charge is 0.334 e. The van der Waals surface area contributed by atoms with Crippen LogP contribution in [0.3, 0.4) is 0 Å². The third kappa shape index (κ3) is 3.25. The lowest BCUT2D eigenvalue weighted by molar-refractivity contribution is -0.383. The van der Waals surface area contributed by atoms with Crippen LogP contribution >= 0.6 is 0 Å². The zero-order valence-electron chi connectivity index (χ0n) is 13.8. The Kier molecular flexibility index (Phi) is 4.80. The Labute approximate surface area is 144 Å². The van der Waals surface area contributed by atoms with E-state index in [2.05, 4.69) is 14.6 Å². The number of aromatic nitrogens is 1. The first-order valence-electron chi connectivity index (χ1n) is 8.05. The van der Waals surface area contributed by atoms with E-state index in [0.717, 1.165) is 11.1 Å². The van der Waals surface area contributed by atoms with Gasteiger partial charge in [0.2, 0.25) is 0 Å². The summed E-state index contributed by atoms with van der Waals surface area (Å²) in [7, 11) is 1.26. The van der Waals surface area contributed by atoms with E-state index >= 15 is 0 Å². The molecule has 1 fully saturated rings. The van der Waals surface area contributed by atoms with E-state index in [1.54, 1.807) is 18.3 Å². The highest BCUT2D eigenvalue weighted by Gasteiger charge is 2.31. The molecule has 2 aromatic rings. The van der Waals surface area contributed by atoms with Gasteiger partial charge in [0.25, 0.3) is 5.69 Å². The number of fused-ring (bicyclic) bond motifs is 1. The van der Waals surface area contributed by atoms with Crippen LogP contribution in [0.25, 0.3) is 10.8 Å². The fourth-order valence-electron chi connectivity index (χ4n) is 3.36. The highest BCUT2D eigenvalue weighted by molar-refractivity contribution is 5.99.